The quantitative estimate of drug-likeness (QED) is 0.732. The van der Waals surface area contributed by atoms with Crippen molar-refractivity contribution in [3.05, 3.63) is 35.5 Å². The molecule has 19 heavy (non-hydrogen) atoms. The van der Waals surface area contributed by atoms with E-state index in [4.69, 9.17) is 0 Å². The molecule has 0 fully saturated rings. The number of pyridine rings is 1. The first-order valence-electron chi connectivity index (χ1n) is 6.04. The summed E-state index contributed by atoms with van der Waals surface area (Å²) >= 11 is 0. The van der Waals surface area contributed by atoms with Crippen LogP contribution in [0.1, 0.15) is 47.6 Å². The Morgan fingerprint density at radius 1 is 1.11 bits per heavy atom. The standard InChI is InChI=1S/C14H13N3O2/c1-14(2,3)13-16-8-7-5-4-6-15-9(7)11(18)12(19)10(8)17-13/h4-6H,1-3H3,(H,16,17). The van der Waals surface area contributed by atoms with Gasteiger partial charge in [-0.2, -0.15) is 0 Å². The van der Waals surface area contributed by atoms with Crippen LogP contribution in [0.2, 0.25) is 0 Å². The van der Waals surface area contributed by atoms with Crippen molar-refractivity contribution < 1.29 is 9.59 Å². The van der Waals surface area contributed by atoms with Gasteiger partial charge in [0.1, 0.15) is 22.9 Å². The molecule has 0 atom stereocenters. The number of aromatic amines is 1. The third-order valence-electron chi connectivity index (χ3n) is 3.13. The largest absolute Gasteiger partial charge is 0.338 e. The van der Waals surface area contributed by atoms with E-state index in [1.54, 1.807) is 12.1 Å². The van der Waals surface area contributed by atoms with E-state index >= 15 is 0 Å². The minimum absolute atomic E-state index is 0.187. The lowest BCUT2D eigenvalue weighted by atomic mass is 9.95. The summed E-state index contributed by atoms with van der Waals surface area (Å²) in [5.74, 6) is -0.452. The molecule has 5 nitrogen and oxygen atoms in total. The van der Waals surface area contributed by atoms with Crippen molar-refractivity contribution in [3.63, 3.8) is 0 Å². The number of hydrogen-bond donors (Lipinski definition) is 1. The molecule has 96 valence electrons. The van der Waals surface area contributed by atoms with Crippen molar-refractivity contribution in [1.29, 1.82) is 0 Å². The molecule has 1 aliphatic rings. The summed E-state index contributed by atoms with van der Waals surface area (Å²) in [6, 6.07) is 3.50. The summed E-state index contributed by atoms with van der Waals surface area (Å²) in [5.41, 5.74) is 1.39. The van der Waals surface area contributed by atoms with Crippen LogP contribution in [0.25, 0.3) is 11.3 Å². The summed E-state index contributed by atoms with van der Waals surface area (Å²) in [7, 11) is 0. The number of nitrogens with one attached hydrogen (secondary N) is 1. The summed E-state index contributed by atoms with van der Waals surface area (Å²) < 4.78 is 0. The number of hydrogen-bond acceptors (Lipinski definition) is 4. The number of carbonyl (C=O) groups excluding carboxylic acids is 2. The Hall–Kier alpha value is -2.30. The molecule has 2 heterocycles. The molecule has 1 aliphatic carbocycles. The third kappa shape index (κ3) is 1.62. The summed E-state index contributed by atoms with van der Waals surface area (Å²) in [5, 5.41) is 0. The lowest BCUT2D eigenvalue weighted by Crippen LogP contribution is -2.22. The van der Waals surface area contributed by atoms with Gasteiger partial charge in [0.05, 0.1) is 0 Å². The average Bonchev–Trinajstić information content (AvgIpc) is 2.81. The Morgan fingerprint density at radius 2 is 1.84 bits per heavy atom. The first kappa shape index (κ1) is 11.8. The lowest BCUT2D eigenvalue weighted by molar-refractivity contribution is 0.0809. The van der Waals surface area contributed by atoms with Gasteiger partial charge in [0.15, 0.2) is 0 Å². The van der Waals surface area contributed by atoms with Crippen LogP contribution in [0.4, 0.5) is 0 Å². The second-order valence-electron chi connectivity index (χ2n) is 5.62. The van der Waals surface area contributed by atoms with Gasteiger partial charge in [0.25, 0.3) is 11.6 Å². The molecule has 0 unspecified atom stereocenters. The molecule has 2 aromatic rings. The van der Waals surface area contributed by atoms with Crippen LogP contribution in [-0.2, 0) is 5.41 Å². The zero-order valence-electron chi connectivity index (χ0n) is 10.9. The predicted molar refractivity (Wildman–Crippen MR) is 69.2 cm³/mol. The Morgan fingerprint density at radius 3 is 2.53 bits per heavy atom. The first-order chi connectivity index (χ1) is 8.89. The monoisotopic (exact) mass is 255 g/mol. The van der Waals surface area contributed by atoms with E-state index in [1.807, 2.05) is 20.8 Å². The van der Waals surface area contributed by atoms with Crippen LogP contribution in [-0.4, -0.2) is 26.5 Å². The Labute approximate surface area is 110 Å². The highest BCUT2D eigenvalue weighted by Gasteiger charge is 2.35. The zero-order chi connectivity index (χ0) is 13.8. The van der Waals surface area contributed by atoms with Gasteiger partial charge in [-0.3, -0.25) is 14.6 Å². The van der Waals surface area contributed by atoms with Gasteiger partial charge in [-0.15, -0.1) is 0 Å². The Bertz CT molecular complexity index is 708. The minimum Gasteiger partial charge on any atom is -0.338 e. The molecule has 1 N–H and O–H groups in total. The van der Waals surface area contributed by atoms with E-state index in [9.17, 15) is 9.59 Å². The summed E-state index contributed by atoms with van der Waals surface area (Å²) in [4.78, 5) is 35.5. The first-order valence-corrected chi connectivity index (χ1v) is 6.04. The van der Waals surface area contributed by atoms with Crippen LogP contribution in [0, 0.1) is 0 Å². The highest BCUT2D eigenvalue weighted by Crippen LogP contribution is 2.32. The number of rotatable bonds is 0. The van der Waals surface area contributed by atoms with E-state index in [-0.39, 0.29) is 16.8 Å². The van der Waals surface area contributed by atoms with Gasteiger partial charge in [-0.1, -0.05) is 20.8 Å². The summed E-state index contributed by atoms with van der Waals surface area (Å²) in [6.07, 6.45) is 1.51. The van der Waals surface area contributed by atoms with Gasteiger partial charge in [-0.25, -0.2) is 4.98 Å². The number of carbonyl (C=O) groups is 2. The normalized spacial score (nSPS) is 14.3. The predicted octanol–water partition coefficient (Wildman–Crippen LogP) is 2.15. The molecule has 2 aromatic heterocycles. The zero-order valence-corrected chi connectivity index (χ0v) is 10.9. The number of aromatic nitrogens is 3. The fraction of sp³-hybridized carbons (Fsp3) is 0.286. The van der Waals surface area contributed by atoms with Gasteiger partial charge in [-0.05, 0) is 12.1 Å². The minimum atomic E-state index is -0.577. The number of ketones is 2. The highest BCUT2D eigenvalue weighted by atomic mass is 16.2. The molecule has 0 saturated carbocycles. The summed E-state index contributed by atoms with van der Waals surface area (Å²) in [6.45, 7) is 5.98. The molecular formula is C14H13N3O2. The SMILES string of the molecule is CC(C)(C)c1nc2c([nH]1)C(=O)C(=O)c1ncccc1-2. The maximum atomic E-state index is 12.1. The number of fused-ring (bicyclic) bond motifs is 3. The van der Waals surface area contributed by atoms with E-state index in [0.29, 0.717) is 17.1 Å². The molecule has 0 radical (unpaired) electrons. The van der Waals surface area contributed by atoms with E-state index in [0.717, 1.165) is 0 Å². The number of H-pyrrole nitrogens is 1. The van der Waals surface area contributed by atoms with Crippen molar-refractivity contribution in [2.75, 3.05) is 0 Å². The fourth-order valence-corrected chi connectivity index (χ4v) is 2.09. The van der Waals surface area contributed by atoms with Crippen LogP contribution in [0.5, 0.6) is 0 Å². The second-order valence-corrected chi connectivity index (χ2v) is 5.62. The molecule has 0 bridgehead atoms. The molecule has 0 amide bonds. The van der Waals surface area contributed by atoms with Crippen molar-refractivity contribution in [2.45, 2.75) is 26.2 Å². The number of Topliss-reactive ketones (excluding diaryl/α,β-unsaturated/α-hetero) is 2. The molecule has 5 heteroatoms. The number of nitrogens with zero attached hydrogens (tertiary/aromatic N) is 2. The highest BCUT2D eigenvalue weighted by molar-refractivity contribution is 6.51. The van der Waals surface area contributed by atoms with E-state index < -0.39 is 11.6 Å². The molecule has 0 aliphatic heterocycles. The van der Waals surface area contributed by atoms with Crippen molar-refractivity contribution in [3.8, 4) is 11.3 Å². The van der Waals surface area contributed by atoms with Gasteiger partial charge >= 0.3 is 0 Å². The fourth-order valence-electron chi connectivity index (χ4n) is 2.09. The van der Waals surface area contributed by atoms with Crippen LogP contribution in [0.3, 0.4) is 0 Å². The number of imidazole rings is 1. The topological polar surface area (TPSA) is 75.7 Å². The van der Waals surface area contributed by atoms with Crippen LogP contribution >= 0.6 is 0 Å². The smallest absolute Gasteiger partial charge is 0.254 e. The van der Waals surface area contributed by atoms with Crippen molar-refractivity contribution >= 4 is 11.6 Å². The van der Waals surface area contributed by atoms with Crippen LogP contribution < -0.4 is 0 Å². The molecule has 0 saturated heterocycles. The van der Waals surface area contributed by atoms with Crippen LogP contribution in [0.15, 0.2) is 18.3 Å². The molecule has 3 rings (SSSR count). The molecule has 0 spiro atoms. The third-order valence-corrected chi connectivity index (χ3v) is 3.13. The van der Waals surface area contributed by atoms with Gasteiger partial charge < -0.3 is 4.98 Å². The second kappa shape index (κ2) is 3.60. The van der Waals surface area contributed by atoms with Crippen molar-refractivity contribution in [2.24, 2.45) is 0 Å². The maximum Gasteiger partial charge on any atom is 0.254 e. The van der Waals surface area contributed by atoms with Crippen molar-refractivity contribution in [1.82, 2.24) is 15.0 Å². The Balaban J connectivity index is 2.30. The molecule has 0 aromatic carbocycles. The van der Waals surface area contributed by atoms with Gasteiger partial charge in [0, 0.05) is 17.2 Å². The average molecular weight is 255 g/mol. The lowest BCUT2D eigenvalue weighted by Gasteiger charge is -2.13. The van der Waals surface area contributed by atoms with Gasteiger partial charge in [0.2, 0.25) is 0 Å². The van der Waals surface area contributed by atoms with E-state index in [1.165, 1.54) is 6.20 Å². The van der Waals surface area contributed by atoms with E-state index in [2.05, 4.69) is 15.0 Å². The molecular weight excluding hydrogens is 242 g/mol. The maximum absolute atomic E-state index is 12.1. The Kier molecular flexibility index (Phi) is 2.23.